The molecule has 2 aromatic rings. The van der Waals surface area contributed by atoms with Crippen LogP contribution in [0, 0.1) is 5.82 Å². The smallest absolute Gasteiger partial charge is 0.141 e. The minimum atomic E-state index is -0.339. The minimum Gasteiger partial charge on any atom is -0.489 e. The third-order valence-electron chi connectivity index (χ3n) is 3.51. The first-order valence-electron chi connectivity index (χ1n) is 7.31. The molecule has 0 unspecified atom stereocenters. The van der Waals surface area contributed by atoms with E-state index in [9.17, 15) is 9.50 Å². The average molecular weight is 367 g/mol. The van der Waals surface area contributed by atoms with Crippen LogP contribution in [0.4, 0.5) is 4.39 Å². The van der Waals surface area contributed by atoms with Crippen LogP contribution >= 0.6 is 15.9 Å². The number of aliphatic hydroxyl groups excluding tert-OH is 1. The van der Waals surface area contributed by atoms with Gasteiger partial charge in [0, 0.05) is 12.7 Å². The topological polar surface area (TPSA) is 29.5 Å². The van der Waals surface area contributed by atoms with Crippen molar-refractivity contribution < 1.29 is 14.2 Å². The minimum absolute atomic E-state index is 0.127. The monoisotopic (exact) mass is 366 g/mol. The quantitative estimate of drug-likeness (QED) is 0.793. The molecule has 0 aromatic heterocycles. The van der Waals surface area contributed by atoms with Crippen molar-refractivity contribution in [2.24, 2.45) is 0 Å². The van der Waals surface area contributed by atoms with E-state index in [-0.39, 0.29) is 12.4 Å². The molecule has 0 fully saturated rings. The fourth-order valence-electron chi connectivity index (χ4n) is 2.38. The second kappa shape index (κ2) is 7.75. The summed E-state index contributed by atoms with van der Waals surface area (Å²) in [6.45, 7) is 4.77. The summed E-state index contributed by atoms with van der Waals surface area (Å²) in [5, 5.41) is 9.20. The Morgan fingerprint density at radius 2 is 1.95 bits per heavy atom. The molecule has 0 amide bonds. The maximum Gasteiger partial charge on any atom is 0.141 e. The molecule has 0 aliphatic rings. The molecule has 0 saturated heterocycles. The van der Waals surface area contributed by atoms with Crippen molar-refractivity contribution in [3.63, 3.8) is 0 Å². The molecular weight excluding hydrogens is 347 g/mol. The molecule has 0 aliphatic heterocycles. The molecule has 4 heteroatoms. The Balaban J connectivity index is 2.12. The molecule has 2 aromatic carbocycles. The number of hydrogen-bond donors (Lipinski definition) is 1. The lowest BCUT2D eigenvalue weighted by molar-refractivity contribution is 0.297. The van der Waals surface area contributed by atoms with E-state index in [4.69, 9.17) is 4.74 Å². The number of aliphatic hydroxyl groups is 1. The van der Waals surface area contributed by atoms with Crippen LogP contribution in [-0.4, -0.2) is 11.7 Å². The van der Waals surface area contributed by atoms with Gasteiger partial charge in [-0.15, -0.1) is 0 Å². The maximum atomic E-state index is 13.5. The molecule has 0 radical (unpaired) electrons. The molecular formula is C18H20BrFO2. The predicted molar refractivity (Wildman–Crippen MR) is 89.8 cm³/mol. The van der Waals surface area contributed by atoms with Gasteiger partial charge in [0.1, 0.15) is 18.2 Å². The van der Waals surface area contributed by atoms with Gasteiger partial charge in [-0.25, -0.2) is 4.39 Å². The highest BCUT2D eigenvalue weighted by Crippen LogP contribution is 2.24. The van der Waals surface area contributed by atoms with Gasteiger partial charge >= 0.3 is 0 Å². The summed E-state index contributed by atoms with van der Waals surface area (Å²) in [6.07, 6.45) is 0.633. The summed E-state index contributed by atoms with van der Waals surface area (Å²) in [6, 6.07) is 10.9. The van der Waals surface area contributed by atoms with Gasteiger partial charge in [0.25, 0.3) is 0 Å². The molecule has 2 rings (SSSR count). The standard InChI is InChI=1S/C18H20BrFO2/c1-12(2)16-5-3-13(9-14(16)7-8-21)11-22-15-4-6-17(19)18(20)10-15/h3-6,9-10,12,21H,7-8,11H2,1-2H3. The second-order valence-corrected chi connectivity index (χ2v) is 6.38. The van der Waals surface area contributed by atoms with Gasteiger partial charge in [0.15, 0.2) is 0 Å². The Morgan fingerprint density at radius 1 is 1.18 bits per heavy atom. The Morgan fingerprint density at radius 3 is 2.59 bits per heavy atom. The van der Waals surface area contributed by atoms with Crippen molar-refractivity contribution >= 4 is 15.9 Å². The lowest BCUT2D eigenvalue weighted by atomic mass is 9.94. The van der Waals surface area contributed by atoms with Crippen molar-refractivity contribution in [2.75, 3.05) is 6.61 Å². The Hall–Kier alpha value is -1.39. The van der Waals surface area contributed by atoms with Crippen molar-refractivity contribution in [3.8, 4) is 5.75 Å². The normalized spacial score (nSPS) is 11.0. The van der Waals surface area contributed by atoms with Gasteiger partial charge in [-0.1, -0.05) is 32.0 Å². The molecule has 0 atom stereocenters. The van der Waals surface area contributed by atoms with Gasteiger partial charge in [-0.2, -0.15) is 0 Å². The van der Waals surface area contributed by atoms with E-state index in [1.807, 2.05) is 6.07 Å². The maximum absolute atomic E-state index is 13.5. The summed E-state index contributed by atoms with van der Waals surface area (Å²) in [4.78, 5) is 0. The van der Waals surface area contributed by atoms with Crippen molar-refractivity contribution in [3.05, 3.63) is 63.4 Å². The Bertz CT molecular complexity index is 641. The molecule has 0 bridgehead atoms. The van der Waals surface area contributed by atoms with E-state index < -0.39 is 0 Å². The third-order valence-corrected chi connectivity index (χ3v) is 4.15. The summed E-state index contributed by atoms with van der Waals surface area (Å²) < 4.78 is 19.5. The average Bonchev–Trinajstić information content (AvgIpc) is 2.49. The van der Waals surface area contributed by atoms with E-state index in [1.54, 1.807) is 12.1 Å². The lowest BCUT2D eigenvalue weighted by Gasteiger charge is -2.14. The van der Waals surface area contributed by atoms with Crippen LogP contribution in [0.5, 0.6) is 5.75 Å². The number of ether oxygens (including phenoxy) is 1. The highest BCUT2D eigenvalue weighted by atomic mass is 79.9. The first-order chi connectivity index (χ1) is 10.5. The largest absolute Gasteiger partial charge is 0.489 e. The van der Waals surface area contributed by atoms with Crippen LogP contribution < -0.4 is 4.74 Å². The predicted octanol–water partition coefficient (Wildman–Crippen LogP) is 4.83. The van der Waals surface area contributed by atoms with Crippen LogP contribution in [0.15, 0.2) is 40.9 Å². The van der Waals surface area contributed by atoms with Gasteiger partial charge in [-0.05, 0) is 57.1 Å². The van der Waals surface area contributed by atoms with Gasteiger partial charge in [-0.3, -0.25) is 0 Å². The highest BCUT2D eigenvalue weighted by molar-refractivity contribution is 9.10. The van der Waals surface area contributed by atoms with Crippen LogP contribution in [-0.2, 0) is 13.0 Å². The van der Waals surface area contributed by atoms with Gasteiger partial charge < -0.3 is 9.84 Å². The summed E-state index contributed by atoms with van der Waals surface area (Å²) >= 11 is 3.12. The van der Waals surface area contributed by atoms with Crippen molar-refractivity contribution in [1.29, 1.82) is 0 Å². The van der Waals surface area contributed by atoms with Crippen LogP contribution in [0.25, 0.3) is 0 Å². The van der Waals surface area contributed by atoms with Crippen LogP contribution in [0.3, 0.4) is 0 Å². The summed E-state index contributed by atoms with van der Waals surface area (Å²) in [5.41, 5.74) is 3.39. The zero-order chi connectivity index (χ0) is 16.1. The fourth-order valence-corrected chi connectivity index (χ4v) is 2.63. The first-order valence-corrected chi connectivity index (χ1v) is 8.11. The van der Waals surface area contributed by atoms with Crippen LogP contribution in [0.1, 0.15) is 36.5 Å². The molecule has 22 heavy (non-hydrogen) atoms. The zero-order valence-electron chi connectivity index (χ0n) is 12.8. The number of benzene rings is 2. The summed E-state index contributed by atoms with van der Waals surface area (Å²) in [7, 11) is 0. The Labute approximate surface area is 139 Å². The fraction of sp³-hybridized carbons (Fsp3) is 0.333. The number of halogens is 2. The van der Waals surface area contributed by atoms with E-state index in [2.05, 4.69) is 41.9 Å². The zero-order valence-corrected chi connectivity index (χ0v) is 14.4. The molecule has 0 saturated carbocycles. The molecule has 1 N–H and O–H groups in total. The highest BCUT2D eigenvalue weighted by Gasteiger charge is 2.08. The van der Waals surface area contributed by atoms with Crippen molar-refractivity contribution in [2.45, 2.75) is 32.8 Å². The van der Waals surface area contributed by atoms with E-state index in [1.165, 1.54) is 11.6 Å². The third kappa shape index (κ3) is 4.31. The number of hydrogen-bond acceptors (Lipinski definition) is 2. The van der Waals surface area contributed by atoms with Crippen LogP contribution in [0.2, 0.25) is 0 Å². The van der Waals surface area contributed by atoms with E-state index in [0.29, 0.717) is 29.2 Å². The van der Waals surface area contributed by atoms with Crippen molar-refractivity contribution in [1.82, 2.24) is 0 Å². The number of rotatable bonds is 6. The molecule has 118 valence electrons. The molecule has 0 spiro atoms. The lowest BCUT2D eigenvalue weighted by Crippen LogP contribution is -2.03. The van der Waals surface area contributed by atoms with E-state index in [0.717, 1.165) is 11.1 Å². The van der Waals surface area contributed by atoms with Gasteiger partial charge in [0.05, 0.1) is 4.47 Å². The first kappa shape index (κ1) is 17.0. The SMILES string of the molecule is CC(C)c1ccc(COc2ccc(Br)c(F)c2)cc1CCO. The molecule has 0 aliphatic carbocycles. The second-order valence-electron chi connectivity index (χ2n) is 5.53. The Kier molecular flexibility index (Phi) is 5.98. The van der Waals surface area contributed by atoms with E-state index >= 15 is 0 Å². The summed E-state index contributed by atoms with van der Waals surface area (Å²) in [5.74, 6) is 0.572. The van der Waals surface area contributed by atoms with Gasteiger partial charge in [0.2, 0.25) is 0 Å². The molecule has 2 nitrogen and oxygen atoms in total. The molecule has 0 heterocycles.